The summed E-state index contributed by atoms with van der Waals surface area (Å²) in [6, 6.07) is 10.3. The molecule has 0 unspecified atom stereocenters. The molecular weight excluding hydrogens is 396 g/mol. The molecule has 8 nitrogen and oxygen atoms in total. The molecule has 29 heavy (non-hydrogen) atoms. The number of hydrogen-bond acceptors (Lipinski definition) is 8. The summed E-state index contributed by atoms with van der Waals surface area (Å²) in [4.78, 5) is 26.6. The number of hydrogen-bond donors (Lipinski definition) is 0. The Morgan fingerprint density at radius 1 is 1.17 bits per heavy atom. The van der Waals surface area contributed by atoms with Crippen molar-refractivity contribution < 1.29 is 24.3 Å². The van der Waals surface area contributed by atoms with E-state index in [9.17, 15) is 20.0 Å². The van der Waals surface area contributed by atoms with E-state index in [2.05, 4.69) is 4.98 Å². The lowest BCUT2D eigenvalue weighted by molar-refractivity contribution is -0.385. The largest absolute Gasteiger partial charge is 0.550 e. The van der Waals surface area contributed by atoms with Gasteiger partial charge < -0.3 is 19.4 Å². The molecule has 1 aromatic heterocycles. The van der Waals surface area contributed by atoms with E-state index in [-0.39, 0.29) is 29.8 Å². The van der Waals surface area contributed by atoms with Crippen molar-refractivity contribution >= 4 is 44.9 Å². The zero-order valence-corrected chi connectivity index (χ0v) is 16.5. The van der Waals surface area contributed by atoms with Gasteiger partial charge >= 0.3 is 0 Å². The number of ether oxygens (including phenoxy) is 2. The van der Waals surface area contributed by atoms with E-state index in [0.717, 1.165) is 10.2 Å². The van der Waals surface area contributed by atoms with Gasteiger partial charge in [0.15, 0.2) is 11.5 Å². The number of nitro benzene ring substituents is 1. The van der Waals surface area contributed by atoms with Crippen molar-refractivity contribution in [1.29, 1.82) is 0 Å². The van der Waals surface area contributed by atoms with E-state index >= 15 is 0 Å². The highest BCUT2D eigenvalue weighted by atomic mass is 32.1. The number of fused-ring (bicyclic) bond motifs is 1. The first-order valence-corrected chi connectivity index (χ1v) is 9.41. The molecule has 0 saturated heterocycles. The fourth-order valence-corrected chi connectivity index (χ4v) is 3.84. The Balaban J connectivity index is 2.16. The van der Waals surface area contributed by atoms with Gasteiger partial charge in [0.1, 0.15) is 5.01 Å². The van der Waals surface area contributed by atoms with Crippen molar-refractivity contribution in [2.45, 2.75) is 12.8 Å². The number of thiazole rings is 1. The summed E-state index contributed by atoms with van der Waals surface area (Å²) in [6.45, 7) is 0. The lowest BCUT2D eigenvalue weighted by Crippen LogP contribution is -2.21. The third-order valence-electron chi connectivity index (χ3n) is 4.23. The maximum absolute atomic E-state index is 11.6. The minimum Gasteiger partial charge on any atom is -0.550 e. The van der Waals surface area contributed by atoms with Crippen LogP contribution in [-0.4, -0.2) is 30.1 Å². The quantitative estimate of drug-likeness (QED) is 0.411. The first-order chi connectivity index (χ1) is 13.9. The molecule has 0 fully saturated rings. The first kappa shape index (κ1) is 20.3. The predicted octanol–water partition coefficient (Wildman–Crippen LogP) is 3.29. The molecule has 0 atom stereocenters. The van der Waals surface area contributed by atoms with Crippen LogP contribution in [0.4, 0.5) is 5.69 Å². The number of carboxylic acid groups (broad SMARTS) is 1. The third kappa shape index (κ3) is 4.52. The van der Waals surface area contributed by atoms with E-state index in [1.165, 1.54) is 37.7 Å². The summed E-state index contributed by atoms with van der Waals surface area (Å²) < 4.78 is 11.3. The molecular formula is C20H17N2O6S-. The smallest absolute Gasteiger partial charge is 0.280 e. The van der Waals surface area contributed by atoms with Crippen LogP contribution in [0.2, 0.25) is 0 Å². The van der Waals surface area contributed by atoms with Crippen LogP contribution in [0.5, 0.6) is 11.5 Å². The molecule has 2 aromatic carbocycles. The number of methoxy groups -OCH3 is 2. The summed E-state index contributed by atoms with van der Waals surface area (Å²) in [5.74, 6) is -0.653. The highest BCUT2D eigenvalue weighted by molar-refractivity contribution is 7.19. The van der Waals surface area contributed by atoms with Crippen LogP contribution in [0.1, 0.15) is 23.4 Å². The second-order valence-corrected chi connectivity index (χ2v) is 7.08. The SMILES string of the molecule is COc1cc(/C=C(\CCC(=O)[O-])c2nc3ccccc3s2)c([N+](=O)[O-])cc1OC. The minimum atomic E-state index is -1.21. The van der Waals surface area contributed by atoms with Gasteiger partial charge in [-0.2, -0.15) is 0 Å². The molecule has 0 amide bonds. The monoisotopic (exact) mass is 413 g/mol. The van der Waals surface area contributed by atoms with Crippen LogP contribution in [0.3, 0.4) is 0 Å². The number of aromatic nitrogens is 1. The van der Waals surface area contributed by atoms with Crippen molar-refractivity contribution in [3.8, 4) is 11.5 Å². The second-order valence-electron chi connectivity index (χ2n) is 6.05. The number of carbonyl (C=O) groups excluding carboxylic acids is 1. The van der Waals surface area contributed by atoms with Crippen molar-refractivity contribution in [3.05, 3.63) is 57.1 Å². The van der Waals surface area contributed by atoms with E-state index in [0.29, 0.717) is 16.3 Å². The topological polar surface area (TPSA) is 115 Å². The van der Waals surface area contributed by atoms with Crippen molar-refractivity contribution in [1.82, 2.24) is 4.98 Å². The number of carbonyl (C=O) groups is 1. The Morgan fingerprint density at radius 3 is 2.48 bits per heavy atom. The zero-order valence-electron chi connectivity index (χ0n) is 15.7. The van der Waals surface area contributed by atoms with Gasteiger partial charge in [0.25, 0.3) is 5.69 Å². The number of rotatable bonds is 8. The van der Waals surface area contributed by atoms with Gasteiger partial charge in [0.2, 0.25) is 0 Å². The van der Waals surface area contributed by atoms with Gasteiger partial charge in [-0.3, -0.25) is 10.1 Å². The number of para-hydroxylation sites is 1. The Hall–Kier alpha value is -3.46. The number of allylic oxidation sites excluding steroid dienone is 1. The molecule has 1 heterocycles. The normalized spacial score (nSPS) is 11.4. The average molecular weight is 413 g/mol. The molecule has 9 heteroatoms. The molecule has 0 spiro atoms. The highest BCUT2D eigenvalue weighted by Crippen LogP contribution is 2.38. The van der Waals surface area contributed by atoms with E-state index in [4.69, 9.17) is 9.47 Å². The van der Waals surface area contributed by atoms with Gasteiger partial charge in [0.05, 0.1) is 41.0 Å². The standard InChI is InChI=1S/C20H18N2O6S/c1-27-16-10-13(15(22(25)26)11-17(16)28-2)9-12(7-8-19(23)24)20-21-14-5-3-4-6-18(14)29-20/h3-6,9-11H,7-8H2,1-2H3,(H,23,24)/p-1/b12-9+. The Labute approximate surface area is 170 Å². The zero-order chi connectivity index (χ0) is 21.0. The summed E-state index contributed by atoms with van der Waals surface area (Å²) in [5, 5.41) is 23.2. The number of carboxylic acids is 1. The average Bonchev–Trinajstić information content (AvgIpc) is 3.14. The van der Waals surface area contributed by atoms with Gasteiger partial charge in [-0.15, -0.1) is 11.3 Å². The Bertz CT molecular complexity index is 1070. The van der Waals surface area contributed by atoms with E-state index in [1.807, 2.05) is 24.3 Å². The van der Waals surface area contributed by atoms with Crippen LogP contribution < -0.4 is 14.6 Å². The number of benzene rings is 2. The Morgan fingerprint density at radius 2 is 1.86 bits per heavy atom. The molecule has 0 saturated carbocycles. The summed E-state index contributed by atoms with van der Waals surface area (Å²) in [5.41, 5.74) is 1.41. The fraction of sp³-hybridized carbons (Fsp3) is 0.200. The highest BCUT2D eigenvalue weighted by Gasteiger charge is 2.20. The molecule has 0 bridgehead atoms. The second kappa shape index (κ2) is 8.70. The van der Waals surface area contributed by atoms with Crippen molar-refractivity contribution in [2.24, 2.45) is 0 Å². The molecule has 0 radical (unpaired) electrons. The van der Waals surface area contributed by atoms with Gasteiger partial charge in [0, 0.05) is 5.97 Å². The number of nitro groups is 1. The van der Waals surface area contributed by atoms with Crippen LogP contribution in [0, 0.1) is 10.1 Å². The molecule has 0 aliphatic heterocycles. The predicted molar refractivity (Wildman–Crippen MR) is 108 cm³/mol. The third-order valence-corrected chi connectivity index (χ3v) is 5.34. The molecule has 150 valence electrons. The summed E-state index contributed by atoms with van der Waals surface area (Å²) in [7, 11) is 2.82. The van der Waals surface area contributed by atoms with E-state index < -0.39 is 10.9 Å². The molecule has 0 aliphatic rings. The lowest BCUT2D eigenvalue weighted by Gasteiger charge is -2.10. The van der Waals surface area contributed by atoms with Gasteiger partial charge in [-0.05, 0) is 42.7 Å². The van der Waals surface area contributed by atoms with Gasteiger partial charge in [-0.1, -0.05) is 12.1 Å². The molecule has 0 aliphatic carbocycles. The molecule has 0 N–H and O–H groups in total. The fourth-order valence-electron chi connectivity index (χ4n) is 2.83. The van der Waals surface area contributed by atoms with Crippen LogP contribution in [0.25, 0.3) is 21.9 Å². The number of aliphatic carboxylic acids is 1. The van der Waals surface area contributed by atoms with Crippen molar-refractivity contribution in [3.63, 3.8) is 0 Å². The van der Waals surface area contributed by atoms with Crippen LogP contribution in [-0.2, 0) is 4.79 Å². The summed E-state index contributed by atoms with van der Waals surface area (Å²) in [6.07, 6.45) is 1.46. The molecule has 3 rings (SSSR count). The Kier molecular flexibility index (Phi) is 6.08. The lowest BCUT2D eigenvalue weighted by atomic mass is 10.0. The molecule has 3 aromatic rings. The van der Waals surface area contributed by atoms with Gasteiger partial charge in [-0.25, -0.2) is 4.98 Å². The maximum Gasteiger partial charge on any atom is 0.280 e. The number of nitrogens with zero attached hydrogens (tertiary/aromatic N) is 2. The first-order valence-electron chi connectivity index (χ1n) is 8.59. The van der Waals surface area contributed by atoms with Crippen molar-refractivity contribution in [2.75, 3.05) is 14.2 Å². The maximum atomic E-state index is 11.6. The minimum absolute atomic E-state index is 0.119. The van der Waals surface area contributed by atoms with Crippen LogP contribution in [0.15, 0.2) is 36.4 Å². The summed E-state index contributed by atoms with van der Waals surface area (Å²) >= 11 is 1.39. The van der Waals surface area contributed by atoms with Crippen LogP contribution >= 0.6 is 11.3 Å². The van der Waals surface area contributed by atoms with E-state index in [1.54, 1.807) is 6.08 Å².